The van der Waals surface area contributed by atoms with Gasteiger partial charge in [-0.1, -0.05) is 23.5 Å². The molecule has 1 aliphatic rings. The summed E-state index contributed by atoms with van der Waals surface area (Å²) in [7, 11) is 0. The van der Waals surface area contributed by atoms with Gasteiger partial charge in [0.1, 0.15) is 10.8 Å². The van der Waals surface area contributed by atoms with E-state index in [9.17, 15) is 9.18 Å². The van der Waals surface area contributed by atoms with Crippen LogP contribution in [-0.2, 0) is 0 Å². The molecule has 7 heteroatoms. The van der Waals surface area contributed by atoms with Gasteiger partial charge in [-0.2, -0.15) is 0 Å². The summed E-state index contributed by atoms with van der Waals surface area (Å²) in [6, 6.07) is 8.55. The van der Waals surface area contributed by atoms with Crippen molar-refractivity contribution in [2.45, 2.75) is 25.7 Å². The first-order valence-corrected chi connectivity index (χ1v) is 10.2. The zero-order chi connectivity index (χ0) is 18.1. The maximum absolute atomic E-state index is 14.0. The Morgan fingerprint density at radius 2 is 2.15 bits per heavy atom. The van der Waals surface area contributed by atoms with Crippen LogP contribution in [-0.4, -0.2) is 34.1 Å². The van der Waals surface area contributed by atoms with E-state index < -0.39 is 0 Å². The Labute approximate surface area is 159 Å². The Balaban J connectivity index is 1.52. The van der Waals surface area contributed by atoms with Gasteiger partial charge in [-0.3, -0.25) is 4.79 Å². The number of piperidine rings is 1. The van der Waals surface area contributed by atoms with E-state index >= 15 is 0 Å². The summed E-state index contributed by atoms with van der Waals surface area (Å²) in [5.41, 5.74) is 1.60. The average molecular weight is 388 g/mol. The summed E-state index contributed by atoms with van der Waals surface area (Å²) in [6.07, 6.45) is 1.91. The molecule has 1 unspecified atom stereocenters. The number of benzene rings is 1. The molecule has 0 spiro atoms. The molecule has 1 fully saturated rings. The van der Waals surface area contributed by atoms with Crippen molar-refractivity contribution in [3.8, 4) is 10.6 Å². The quantitative estimate of drug-likeness (QED) is 0.652. The minimum atomic E-state index is -0.288. The van der Waals surface area contributed by atoms with Crippen LogP contribution in [0.2, 0.25) is 0 Å². The lowest BCUT2D eigenvalue weighted by atomic mass is 9.98. The molecule has 0 aliphatic carbocycles. The average Bonchev–Trinajstić information content (AvgIpc) is 3.31. The van der Waals surface area contributed by atoms with Crippen LogP contribution in [0.1, 0.15) is 39.0 Å². The summed E-state index contributed by atoms with van der Waals surface area (Å²) in [6.45, 7) is 3.41. The Kier molecular flexibility index (Phi) is 4.82. The molecule has 26 heavy (non-hydrogen) atoms. The van der Waals surface area contributed by atoms with Gasteiger partial charge in [-0.05, 0) is 48.9 Å². The molecule has 1 atom stereocenters. The molecule has 4 rings (SSSR count). The normalized spacial score (nSPS) is 17.5. The summed E-state index contributed by atoms with van der Waals surface area (Å²) in [4.78, 5) is 15.4. The van der Waals surface area contributed by atoms with E-state index in [4.69, 9.17) is 0 Å². The van der Waals surface area contributed by atoms with Crippen LogP contribution in [0.5, 0.6) is 0 Å². The maximum atomic E-state index is 14.0. The van der Waals surface area contributed by atoms with Crippen LogP contribution in [0.25, 0.3) is 10.6 Å². The van der Waals surface area contributed by atoms with E-state index in [1.165, 1.54) is 28.7 Å². The van der Waals surface area contributed by atoms with Crippen molar-refractivity contribution in [1.82, 2.24) is 15.1 Å². The first kappa shape index (κ1) is 17.3. The number of likely N-dealkylation sites (tertiary alicyclic amines) is 1. The molecule has 3 heterocycles. The lowest BCUT2D eigenvalue weighted by Gasteiger charge is -2.31. The summed E-state index contributed by atoms with van der Waals surface area (Å²) < 4.78 is 14.0. The maximum Gasteiger partial charge on any atom is 0.263 e. The monoisotopic (exact) mass is 387 g/mol. The van der Waals surface area contributed by atoms with Crippen molar-refractivity contribution in [2.24, 2.45) is 0 Å². The van der Waals surface area contributed by atoms with Gasteiger partial charge in [-0.15, -0.1) is 21.5 Å². The first-order chi connectivity index (χ1) is 12.6. The fourth-order valence-electron chi connectivity index (χ4n) is 3.21. The molecule has 3 aromatic rings. The number of hydrogen-bond acceptors (Lipinski definition) is 5. The zero-order valence-electron chi connectivity index (χ0n) is 14.3. The molecule has 0 bridgehead atoms. The third-order valence-electron chi connectivity index (χ3n) is 4.54. The molecule has 4 nitrogen and oxygen atoms in total. The van der Waals surface area contributed by atoms with Crippen LogP contribution in [0.4, 0.5) is 4.39 Å². The zero-order valence-corrected chi connectivity index (χ0v) is 15.9. The van der Waals surface area contributed by atoms with E-state index in [-0.39, 0.29) is 17.6 Å². The highest BCUT2D eigenvalue weighted by molar-refractivity contribution is 7.14. The topological polar surface area (TPSA) is 46.1 Å². The van der Waals surface area contributed by atoms with Gasteiger partial charge in [0.2, 0.25) is 0 Å². The molecular formula is C19H18FN3OS2. The first-order valence-electron chi connectivity index (χ1n) is 8.54. The molecule has 0 radical (unpaired) electrons. The Hall–Kier alpha value is -2.12. The number of carbonyl (C=O) groups is 1. The molecule has 1 amide bonds. The number of nitrogens with zero attached hydrogens (tertiary/aromatic N) is 3. The van der Waals surface area contributed by atoms with Crippen molar-refractivity contribution < 1.29 is 9.18 Å². The fraction of sp³-hybridized carbons (Fsp3) is 0.316. The second kappa shape index (κ2) is 7.25. The third kappa shape index (κ3) is 3.41. The standard InChI is InChI=1S/C19H18FN3OS2/c1-12-9-16(25-11-12)19(24)23-8-4-5-13(10-23)17-21-22-18(26-17)14-6-2-3-7-15(14)20/h2-3,6-7,9,11,13H,4-5,8,10H2,1H3. The highest BCUT2D eigenvalue weighted by atomic mass is 32.1. The molecule has 1 aromatic carbocycles. The van der Waals surface area contributed by atoms with E-state index in [0.717, 1.165) is 34.8 Å². The highest BCUT2D eigenvalue weighted by Crippen LogP contribution is 2.34. The van der Waals surface area contributed by atoms with Gasteiger partial charge in [-0.25, -0.2) is 4.39 Å². The number of hydrogen-bond donors (Lipinski definition) is 0. The third-order valence-corrected chi connectivity index (χ3v) is 6.70. The van der Waals surface area contributed by atoms with Crippen LogP contribution in [0, 0.1) is 12.7 Å². The van der Waals surface area contributed by atoms with E-state index in [1.807, 2.05) is 23.3 Å². The van der Waals surface area contributed by atoms with Gasteiger partial charge in [0.25, 0.3) is 5.91 Å². The SMILES string of the molecule is Cc1csc(C(=O)N2CCCC(c3nnc(-c4ccccc4F)s3)C2)c1. The Bertz CT molecular complexity index is 936. The number of thiophene rings is 1. The van der Waals surface area contributed by atoms with E-state index in [0.29, 0.717) is 17.1 Å². The minimum Gasteiger partial charge on any atom is -0.337 e. The lowest BCUT2D eigenvalue weighted by molar-refractivity contribution is 0.0711. The number of amides is 1. The largest absolute Gasteiger partial charge is 0.337 e. The van der Waals surface area contributed by atoms with E-state index in [1.54, 1.807) is 18.2 Å². The van der Waals surface area contributed by atoms with Gasteiger partial charge in [0.15, 0.2) is 5.01 Å². The van der Waals surface area contributed by atoms with Gasteiger partial charge < -0.3 is 4.90 Å². The molecule has 1 aliphatic heterocycles. The molecule has 0 saturated carbocycles. The summed E-state index contributed by atoms with van der Waals surface area (Å²) in [5.74, 6) is -0.0397. The van der Waals surface area contributed by atoms with Crippen molar-refractivity contribution in [3.05, 3.63) is 57.0 Å². The summed E-state index contributed by atoms with van der Waals surface area (Å²) in [5, 5.41) is 11.9. The number of aryl methyl sites for hydroxylation is 1. The number of aromatic nitrogens is 2. The van der Waals surface area contributed by atoms with E-state index in [2.05, 4.69) is 10.2 Å². The molecule has 2 aromatic heterocycles. The molecular weight excluding hydrogens is 369 g/mol. The predicted octanol–water partition coefficient (Wildman–Crippen LogP) is 4.73. The van der Waals surface area contributed by atoms with Crippen molar-refractivity contribution in [1.29, 1.82) is 0 Å². The van der Waals surface area contributed by atoms with Crippen molar-refractivity contribution in [3.63, 3.8) is 0 Å². The van der Waals surface area contributed by atoms with Crippen molar-refractivity contribution in [2.75, 3.05) is 13.1 Å². The second-order valence-electron chi connectivity index (χ2n) is 6.50. The Morgan fingerprint density at radius 1 is 1.31 bits per heavy atom. The number of halogens is 1. The Morgan fingerprint density at radius 3 is 2.92 bits per heavy atom. The molecule has 134 valence electrons. The second-order valence-corrected chi connectivity index (χ2v) is 8.42. The predicted molar refractivity (Wildman–Crippen MR) is 102 cm³/mol. The minimum absolute atomic E-state index is 0.0895. The summed E-state index contributed by atoms with van der Waals surface area (Å²) >= 11 is 2.92. The fourth-order valence-corrected chi connectivity index (χ4v) is 5.07. The van der Waals surface area contributed by atoms with Crippen LogP contribution >= 0.6 is 22.7 Å². The van der Waals surface area contributed by atoms with Crippen LogP contribution in [0.15, 0.2) is 35.7 Å². The van der Waals surface area contributed by atoms with Crippen molar-refractivity contribution >= 4 is 28.6 Å². The molecule has 1 saturated heterocycles. The lowest BCUT2D eigenvalue weighted by Crippen LogP contribution is -2.38. The number of rotatable bonds is 3. The van der Waals surface area contributed by atoms with Crippen LogP contribution < -0.4 is 0 Å². The number of carbonyl (C=O) groups excluding carboxylic acids is 1. The smallest absolute Gasteiger partial charge is 0.263 e. The van der Waals surface area contributed by atoms with Crippen LogP contribution in [0.3, 0.4) is 0 Å². The molecule has 0 N–H and O–H groups in total. The van der Waals surface area contributed by atoms with Gasteiger partial charge in [0, 0.05) is 24.6 Å². The highest BCUT2D eigenvalue weighted by Gasteiger charge is 2.28. The van der Waals surface area contributed by atoms with Gasteiger partial charge >= 0.3 is 0 Å². The van der Waals surface area contributed by atoms with Gasteiger partial charge in [0.05, 0.1) is 4.88 Å².